The van der Waals surface area contributed by atoms with Gasteiger partial charge in [0.05, 0.1) is 24.4 Å². The Morgan fingerprint density at radius 1 is 1.12 bits per heavy atom. The highest BCUT2D eigenvalue weighted by atomic mass is 35.5. The number of rotatable bonds is 5. The van der Waals surface area contributed by atoms with Crippen molar-refractivity contribution in [1.29, 1.82) is 0 Å². The minimum Gasteiger partial charge on any atom is -0.497 e. The number of carbonyl (C=O) groups excluding carboxylic acids is 1. The number of amides is 1. The van der Waals surface area contributed by atoms with Gasteiger partial charge in [0.1, 0.15) is 5.75 Å². The molecule has 0 aliphatic carbocycles. The van der Waals surface area contributed by atoms with E-state index in [1.165, 1.54) is 0 Å². The fourth-order valence-corrected chi connectivity index (χ4v) is 3.41. The van der Waals surface area contributed by atoms with E-state index >= 15 is 0 Å². The molecule has 1 aliphatic rings. The Morgan fingerprint density at radius 2 is 1.88 bits per heavy atom. The molecule has 1 fully saturated rings. The Balaban J connectivity index is 1.51. The van der Waals surface area contributed by atoms with Gasteiger partial charge >= 0.3 is 0 Å². The Labute approximate surface area is 163 Å². The molecule has 0 atom stereocenters. The number of anilines is 2. The lowest BCUT2D eigenvalue weighted by Crippen LogP contribution is -2.48. The molecule has 0 saturated carbocycles. The van der Waals surface area contributed by atoms with Gasteiger partial charge in [-0.3, -0.25) is 9.69 Å². The molecule has 2 aromatic rings. The number of benzene rings is 2. The molecule has 0 unspecified atom stereocenters. The van der Waals surface area contributed by atoms with Gasteiger partial charge in [-0.2, -0.15) is 0 Å². The summed E-state index contributed by atoms with van der Waals surface area (Å²) >= 11 is 12.0. The first-order valence-electron chi connectivity index (χ1n) is 8.41. The van der Waals surface area contributed by atoms with Gasteiger partial charge in [-0.1, -0.05) is 29.3 Å². The monoisotopic (exact) mass is 393 g/mol. The third kappa shape index (κ3) is 4.81. The quantitative estimate of drug-likeness (QED) is 0.839. The first-order chi connectivity index (χ1) is 12.5. The topological polar surface area (TPSA) is 44.8 Å². The Hall–Kier alpha value is -1.95. The minimum atomic E-state index is -0.0796. The van der Waals surface area contributed by atoms with E-state index < -0.39 is 0 Å². The molecule has 0 aromatic heterocycles. The maximum Gasteiger partial charge on any atom is 0.238 e. The van der Waals surface area contributed by atoms with E-state index in [4.69, 9.17) is 27.9 Å². The summed E-state index contributed by atoms with van der Waals surface area (Å²) in [6.45, 7) is 3.70. The zero-order valence-corrected chi connectivity index (χ0v) is 16.1. The molecule has 7 heteroatoms. The van der Waals surface area contributed by atoms with Crippen molar-refractivity contribution in [2.45, 2.75) is 0 Å². The van der Waals surface area contributed by atoms with Crippen LogP contribution in [0, 0.1) is 0 Å². The summed E-state index contributed by atoms with van der Waals surface area (Å²) in [5.74, 6) is 0.771. The number of ether oxygens (including phenoxy) is 1. The molecule has 1 amide bonds. The van der Waals surface area contributed by atoms with E-state index in [2.05, 4.69) is 21.2 Å². The summed E-state index contributed by atoms with van der Waals surface area (Å²) in [7, 11) is 1.67. The van der Waals surface area contributed by atoms with Gasteiger partial charge in [0.2, 0.25) is 5.91 Å². The number of methoxy groups -OCH3 is 1. The van der Waals surface area contributed by atoms with Crippen molar-refractivity contribution in [3.8, 4) is 5.75 Å². The number of nitrogens with one attached hydrogen (secondary N) is 1. The average Bonchev–Trinajstić information content (AvgIpc) is 2.65. The highest BCUT2D eigenvalue weighted by Gasteiger charge is 2.20. The molecule has 1 saturated heterocycles. The summed E-state index contributed by atoms with van der Waals surface area (Å²) in [5.41, 5.74) is 1.72. The fraction of sp³-hybridized carbons (Fsp3) is 0.316. The second kappa shape index (κ2) is 8.62. The van der Waals surface area contributed by atoms with Crippen molar-refractivity contribution in [3.05, 3.63) is 52.5 Å². The molecule has 2 aromatic carbocycles. The van der Waals surface area contributed by atoms with Crippen LogP contribution in [0.5, 0.6) is 5.75 Å². The van der Waals surface area contributed by atoms with Crippen molar-refractivity contribution in [1.82, 2.24) is 4.90 Å². The average molecular weight is 394 g/mol. The van der Waals surface area contributed by atoms with Crippen LogP contribution >= 0.6 is 23.2 Å². The van der Waals surface area contributed by atoms with Gasteiger partial charge in [0.25, 0.3) is 0 Å². The van der Waals surface area contributed by atoms with Crippen molar-refractivity contribution in [2.75, 3.05) is 50.1 Å². The molecule has 0 radical (unpaired) electrons. The first-order valence-corrected chi connectivity index (χ1v) is 9.17. The van der Waals surface area contributed by atoms with Crippen molar-refractivity contribution in [2.24, 2.45) is 0 Å². The minimum absolute atomic E-state index is 0.0796. The van der Waals surface area contributed by atoms with E-state index in [-0.39, 0.29) is 5.91 Å². The van der Waals surface area contributed by atoms with Gasteiger partial charge in [-0.15, -0.1) is 0 Å². The van der Waals surface area contributed by atoms with Crippen molar-refractivity contribution in [3.63, 3.8) is 0 Å². The number of piperazine rings is 1. The molecule has 138 valence electrons. The van der Waals surface area contributed by atoms with Crippen LogP contribution in [0.2, 0.25) is 10.0 Å². The third-order valence-electron chi connectivity index (χ3n) is 4.36. The maximum atomic E-state index is 12.3. The SMILES string of the molecule is COc1cccc(N2CCN(CC(=O)Nc3ccc(Cl)cc3Cl)CC2)c1. The Kier molecular flexibility index (Phi) is 6.25. The molecule has 5 nitrogen and oxygen atoms in total. The maximum absolute atomic E-state index is 12.3. The molecule has 3 rings (SSSR count). The van der Waals surface area contributed by atoms with Gasteiger partial charge < -0.3 is 15.0 Å². The number of hydrogen-bond donors (Lipinski definition) is 1. The highest BCUT2D eigenvalue weighted by molar-refractivity contribution is 6.36. The van der Waals surface area contributed by atoms with Crippen LogP contribution in [-0.2, 0) is 4.79 Å². The lowest BCUT2D eigenvalue weighted by atomic mass is 10.2. The van der Waals surface area contributed by atoms with Crippen LogP contribution in [0.4, 0.5) is 11.4 Å². The summed E-state index contributed by atoms with van der Waals surface area (Å²) < 4.78 is 5.28. The van der Waals surface area contributed by atoms with Crippen LogP contribution in [-0.4, -0.2) is 50.6 Å². The van der Waals surface area contributed by atoms with Gasteiger partial charge in [0, 0.05) is 43.0 Å². The van der Waals surface area contributed by atoms with Gasteiger partial charge in [0.15, 0.2) is 0 Å². The van der Waals surface area contributed by atoms with Gasteiger partial charge in [-0.05, 0) is 30.3 Å². The molecule has 0 bridgehead atoms. The summed E-state index contributed by atoms with van der Waals surface area (Å²) in [6, 6.07) is 13.1. The molecule has 1 N–H and O–H groups in total. The zero-order valence-electron chi connectivity index (χ0n) is 14.5. The first kappa shape index (κ1) is 18.8. The Morgan fingerprint density at radius 3 is 2.58 bits per heavy atom. The number of hydrogen-bond acceptors (Lipinski definition) is 4. The van der Waals surface area contributed by atoms with E-state index in [0.29, 0.717) is 22.3 Å². The van der Waals surface area contributed by atoms with Crippen LogP contribution in [0.15, 0.2) is 42.5 Å². The summed E-state index contributed by atoms with van der Waals surface area (Å²) in [6.07, 6.45) is 0. The van der Waals surface area contributed by atoms with E-state index in [9.17, 15) is 4.79 Å². The van der Waals surface area contributed by atoms with Crippen molar-refractivity contribution < 1.29 is 9.53 Å². The van der Waals surface area contributed by atoms with E-state index in [1.54, 1.807) is 25.3 Å². The predicted molar refractivity (Wildman–Crippen MR) is 107 cm³/mol. The third-order valence-corrected chi connectivity index (χ3v) is 4.91. The highest BCUT2D eigenvalue weighted by Crippen LogP contribution is 2.25. The molecular formula is C19H21Cl2N3O2. The predicted octanol–water partition coefficient (Wildman–Crippen LogP) is 3.76. The second-order valence-corrected chi connectivity index (χ2v) is 6.98. The van der Waals surface area contributed by atoms with Crippen LogP contribution in [0.25, 0.3) is 0 Å². The standard InChI is InChI=1S/C19H21Cl2N3O2/c1-26-16-4-2-3-15(12-16)24-9-7-23(8-10-24)13-19(25)22-18-6-5-14(20)11-17(18)21/h2-6,11-12H,7-10,13H2,1H3,(H,22,25). The molecule has 1 aliphatic heterocycles. The number of halogens is 2. The fourth-order valence-electron chi connectivity index (χ4n) is 2.96. The molecule has 26 heavy (non-hydrogen) atoms. The van der Waals surface area contributed by atoms with Gasteiger partial charge in [-0.25, -0.2) is 0 Å². The number of carbonyl (C=O) groups is 1. The zero-order chi connectivity index (χ0) is 18.5. The van der Waals surface area contributed by atoms with Crippen LogP contribution in [0.3, 0.4) is 0 Å². The van der Waals surface area contributed by atoms with Crippen LogP contribution < -0.4 is 15.0 Å². The molecular weight excluding hydrogens is 373 g/mol. The van der Waals surface area contributed by atoms with Crippen LogP contribution in [0.1, 0.15) is 0 Å². The lowest BCUT2D eigenvalue weighted by Gasteiger charge is -2.35. The second-order valence-electron chi connectivity index (χ2n) is 6.14. The number of nitrogens with zero attached hydrogens (tertiary/aromatic N) is 2. The Bertz CT molecular complexity index is 777. The van der Waals surface area contributed by atoms with E-state index in [1.807, 2.05) is 18.2 Å². The van der Waals surface area contributed by atoms with Crippen molar-refractivity contribution >= 4 is 40.5 Å². The smallest absolute Gasteiger partial charge is 0.238 e. The largest absolute Gasteiger partial charge is 0.497 e. The summed E-state index contributed by atoms with van der Waals surface area (Å²) in [4.78, 5) is 16.7. The molecule has 1 heterocycles. The summed E-state index contributed by atoms with van der Waals surface area (Å²) in [5, 5.41) is 3.82. The van der Waals surface area contributed by atoms with E-state index in [0.717, 1.165) is 37.6 Å². The normalized spacial score (nSPS) is 15.0. The lowest BCUT2D eigenvalue weighted by molar-refractivity contribution is -0.117. The molecule has 0 spiro atoms.